The third-order valence-corrected chi connectivity index (χ3v) is 7.90. The van der Waals surface area contributed by atoms with Crippen LogP contribution >= 0.6 is 0 Å². The van der Waals surface area contributed by atoms with Crippen molar-refractivity contribution in [2.75, 3.05) is 13.1 Å². The Kier molecular flexibility index (Phi) is 6.49. The Morgan fingerprint density at radius 2 is 1.80 bits per heavy atom. The molecule has 2 aliphatic carbocycles. The summed E-state index contributed by atoms with van der Waals surface area (Å²) in [7, 11) is 0. The summed E-state index contributed by atoms with van der Waals surface area (Å²) in [4.78, 5) is 16.3. The fourth-order valence-electron chi connectivity index (χ4n) is 6.07. The number of Topliss-reactive ketones (excluding diaryl/α,β-unsaturated/α-hetero) is 1. The Labute approximate surface area is 207 Å². The van der Waals surface area contributed by atoms with Gasteiger partial charge >= 0.3 is 0 Å². The first-order valence-electron chi connectivity index (χ1n) is 13.2. The lowest BCUT2D eigenvalue weighted by molar-refractivity contribution is -0.0530. The number of ether oxygens (including phenoxy) is 1. The van der Waals surface area contributed by atoms with Gasteiger partial charge in [-0.15, -0.1) is 0 Å². The number of carbonyl (C=O) groups is 1. The van der Waals surface area contributed by atoms with Crippen LogP contribution in [0.1, 0.15) is 60.9 Å². The van der Waals surface area contributed by atoms with Gasteiger partial charge in [-0.25, -0.2) is 0 Å². The van der Waals surface area contributed by atoms with Crippen LogP contribution in [-0.4, -0.2) is 45.8 Å². The summed E-state index contributed by atoms with van der Waals surface area (Å²) < 4.78 is 8.65. The molecule has 2 atom stereocenters. The molecule has 1 saturated carbocycles. The number of nitrogens with one attached hydrogen (secondary N) is 1. The first-order chi connectivity index (χ1) is 17.2. The van der Waals surface area contributed by atoms with Gasteiger partial charge in [-0.05, 0) is 80.8 Å². The molecule has 1 aliphatic heterocycles. The summed E-state index contributed by atoms with van der Waals surface area (Å²) in [6.45, 7) is 3.06. The molecule has 0 radical (unpaired) electrons. The molecule has 2 aromatic heterocycles. The maximum Gasteiger partial charge on any atom is 0.163 e. The number of carbonyl (C=O) groups excluding carboxylic acids is 1. The minimum absolute atomic E-state index is 0.259. The van der Waals surface area contributed by atoms with Gasteiger partial charge in [0, 0.05) is 48.2 Å². The molecule has 3 heterocycles. The smallest absolute Gasteiger partial charge is 0.163 e. The Morgan fingerprint density at radius 3 is 2.66 bits per heavy atom. The highest BCUT2D eigenvalue weighted by atomic mass is 16.5. The Balaban J connectivity index is 1.24. The summed E-state index contributed by atoms with van der Waals surface area (Å²) in [5, 5.41) is 8.50. The van der Waals surface area contributed by atoms with Crippen molar-refractivity contribution in [3.8, 4) is 22.4 Å². The molecule has 35 heavy (non-hydrogen) atoms. The van der Waals surface area contributed by atoms with E-state index in [1.807, 2.05) is 30.6 Å². The number of hydrogen-bond donors (Lipinski definition) is 1. The molecule has 0 bridgehead atoms. The molecule has 6 rings (SSSR count). The molecule has 1 aromatic carbocycles. The van der Waals surface area contributed by atoms with Crippen LogP contribution in [0.2, 0.25) is 0 Å². The standard InChI is InChI=1S/C29H34N4O2/c34-28-7-5-22-17-23(4-6-26(22)28)27-19-33(32-29(27)21-8-12-30-13-9-21)18-20-2-1-3-25(16-20)35-24-10-14-31-15-11-24/h4,6,8-9,12-13,17,19-20,24-25,31H,1-3,5,7,10-11,14-16,18H2/t20?,25-/m0/s1. The van der Waals surface area contributed by atoms with Crippen molar-refractivity contribution in [2.24, 2.45) is 5.92 Å². The lowest BCUT2D eigenvalue weighted by Gasteiger charge is -2.33. The van der Waals surface area contributed by atoms with Crippen LogP contribution in [0.4, 0.5) is 0 Å². The fraction of sp³-hybridized carbons (Fsp3) is 0.483. The van der Waals surface area contributed by atoms with Gasteiger partial charge in [-0.3, -0.25) is 14.5 Å². The van der Waals surface area contributed by atoms with Crippen molar-refractivity contribution in [2.45, 2.75) is 70.1 Å². The van der Waals surface area contributed by atoms with Gasteiger partial charge in [0.05, 0.1) is 12.2 Å². The van der Waals surface area contributed by atoms with E-state index in [9.17, 15) is 4.79 Å². The van der Waals surface area contributed by atoms with Crippen LogP contribution in [0.15, 0.2) is 48.9 Å². The van der Waals surface area contributed by atoms with Gasteiger partial charge in [0.1, 0.15) is 5.69 Å². The van der Waals surface area contributed by atoms with Crippen molar-refractivity contribution in [1.82, 2.24) is 20.1 Å². The summed E-state index contributed by atoms with van der Waals surface area (Å²) in [5.41, 5.74) is 6.35. The van der Waals surface area contributed by atoms with Gasteiger partial charge in [-0.2, -0.15) is 5.10 Å². The molecule has 3 aliphatic rings. The molecule has 3 aromatic rings. The van der Waals surface area contributed by atoms with Gasteiger partial charge in [-0.1, -0.05) is 24.6 Å². The zero-order chi connectivity index (χ0) is 23.6. The Hall–Kier alpha value is -2.83. The van der Waals surface area contributed by atoms with Gasteiger partial charge in [0.2, 0.25) is 0 Å². The number of piperidine rings is 1. The lowest BCUT2D eigenvalue weighted by Crippen LogP contribution is -2.36. The molecular formula is C29H34N4O2. The first-order valence-corrected chi connectivity index (χ1v) is 13.2. The highest BCUT2D eigenvalue weighted by molar-refractivity contribution is 6.01. The van der Waals surface area contributed by atoms with E-state index in [4.69, 9.17) is 9.84 Å². The van der Waals surface area contributed by atoms with E-state index in [-0.39, 0.29) is 5.78 Å². The fourth-order valence-corrected chi connectivity index (χ4v) is 6.07. The number of aryl methyl sites for hydroxylation is 1. The van der Waals surface area contributed by atoms with E-state index in [1.54, 1.807) is 0 Å². The second-order valence-corrected chi connectivity index (χ2v) is 10.4. The highest BCUT2D eigenvalue weighted by Crippen LogP contribution is 2.35. The molecule has 2 fully saturated rings. The Bertz CT molecular complexity index is 1180. The number of benzene rings is 1. The van der Waals surface area contributed by atoms with Crippen LogP contribution in [0.3, 0.4) is 0 Å². The minimum atomic E-state index is 0.259. The van der Waals surface area contributed by atoms with E-state index in [0.29, 0.717) is 24.5 Å². The van der Waals surface area contributed by atoms with Crippen molar-refractivity contribution < 1.29 is 9.53 Å². The molecule has 6 heteroatoms. The Morgan fingerprint density at radius 1 is 0.943 bits per heavy atom. The molecule has 1 saturated heterocycles. The van der Waals surface area contributed by atoms with Crippen LogP contribution in [0.25, 0.3) is 22.4 Å². The maximum atomic E-state index is 12.1. The molecule has 6 nitrogen and oxygen atoms in total. The largest absolute Gasteiger partial charge is 0.375 e. The monoisotopic (exact) mass is 470 g/mol. The van der Waals surface area contributed by atoms with E-state index in [0.717, 1.165) is 78.8 Å². The first kappa shape index (κ1) is 22.6. The second kappa shape index (κ2) is 10.0. The maximum absolute atomic E-state index is 12.1. The van der Waals surface area contributed by atoms with Crippen molar-refractivity contribution in [1.29, 1.82) is 0 Å². The van der Waals surface area contributed by atoms with Crippen molar-refractivity contribution in [3.63, 3.8) is 0 Å². The number of pyridine rings is 1. The normalized spacial score (nSPS) is 22.9. The number of aromatic nitrogens is 3. The number of hydrogen-bond acceptors (Lipinski definition) is 5. The molecule has 1 N–H and O–H groups in total. The number of nitrogens with zero attached hydrogens (tertiary/aromatic N) is 3. The predicted molar refractivity (Wildman–Crippen MR) is 136 cm³/mol. The number of rotatable bonds is 6. The summed E-state index contributed by atoms with van der Waals surface area (Å²) in [5.74, 6) is 0.835. The SMILES string of the molecule is O=C1CCc2cc(-c3cn(CC4CCC[C@H](OC5CCNCC5)C4)nc3-c3ccncc3)ccc21. The molecule has 1 unspecified atom stereocenters. The highest BCUT2D eigenvalue weighted by Gasteiger charge is 2.27. The third-order valence-electron chi connectivity index (χ3n) is 7.90. The zero-order valence-corrected chi connectivity index (χ0v) is 20.3. The second-order valence-electron chi connectivity index (χ2n) is 10.4. The van der Waals surface area contributed by atoms with Crippen LogP contribution < -0.4 is 5.32 Å². The van der Waals surface area contributed by atoms with Crippen molar-refractivity contribution in [3.05, 3.63) is 60.0 Å². The summed E-state index contributed by atoms with van der Waals surface area (Å²) in [6, 6.07) is 10.3. The third kappa shape index (κ3) is 4.95. The molecular weight excluding hydrogens is 436 g/mol. The quantitative estimate of drug-likeness (QED) is 0.545. The zero-order valence-electron chi connectivity index (χ0n) is 20.3. The van der Waals surface area contributed by atoms with Crippen molar-refractivity contribution >= 4 is 5.78 Å². The van der Waals surface area contributed by atoms with Gasteiger partial charge in [0.15, 0.2) is 5.78 Å². The molecule has 0 spiro atoms. The summed E-state index contributed by atoms with van der Waals surface area (Å²) >= 11 is 0. The minimum Gasteiger partial charge on any atom is -0.375 e. The number of ketones is 1. The average Bonchev–Trinajstić information content (AvgIpc) is 3.49. The van der Waals surface area contributed by atoms with E-state index < -0.39 is 0 Å². The van der Waals surface area contributed by atoms with E-state index in [2.05, 4.69) is 33.3 Å². The van der Waals surface area contributed by atoms with Crippen LogP contribution in [0.5, 0.6) is 0 Å². The van der Waals surface area contributed by atoms with Gasteiger partial charge < -0.3 is 10.1 Å². The molecule has 182 valence electrons. The lowest BCUT2D eigenvalue weighted by atomic mass is 9.87. The van der Waals surface area contributed by atoms with E-state index >= 15 is 0 Å². The molecule has 0 amide bonds. The van der Waals surface area contributed by atoms with E-state index in [1.165, 1.54) is 19.3 Å². The topological polar surface area (TPSA) is 69.0 Å². The predicted octanol–water partition coefficient (Wildman–Crippen LogP) is 5.07. The van der Waals surface area contributed by atoms with Crippen LogP contribution in [-0.2, 0) is 17.7 Å². The van der Waals surface area contributed by atoms with Gasteiger partial charge in [0.25, 0.3) is 0 Å². The average molecular weight is 471 g/mol. The number of fused-ring (bicyclic) bond motifs is 1. The summed E-state index contributed by atoms with van der Waals surface area (Å²) in [6.07, 6.45) is 15.1. The van der Waals surface area contributed by atoms with Crippen LogP contribution in [0, 0.1) is 5.92 Å².